The minimum Gasteiger partial charge on any atom is -0.319 e. The molecule has 0 saturated heterocycles. The first-order valence-electron chi connectivity index (χ1n) is 7.75. The van der Waals surface area contributed by atoms with Crippen molar-refractivity contribution < 1.29 is 18.0 Å². The molecule has 1 N–H and O–H groups in total. The van der Waals surface area contributed by atoms with E-state index in [0.717, 1.165) is 11.6 Å². The fourth-order valence-corrected chi connectivity index (χ4v) is 2.65. The van der Waals surface area contributed by atoms with E-state index in [4.69, 9.17) is 11.6 Å². The van der Waals surface area contributed by atoms with Crippen molar-refractivity contribution in [2.45, 2.75) is 6.54 Å². The molecule has 0 fully saturated rings. The summed E-state index contributed by atoms with van der Waals surface area (Å²) in [6, 6.07) is 10.9. The van der Waals surface area contributed by atoms with Crippen LogP contribution in [0.25, 0.3) is 0 Å². The Labute approximate surface area is 156 Å². The van der Waals surface area contributed by atoms with Crippen molar-refractivity contribution in [2.75, 3.05) is 5.32 Å². The monoisotopic (exact) mass is 392 g/mol. The Morgan fingerprint density at radius 2 is 1.81 bits per heavy atom. The van der Waals surface area contributed by atoms with Crippen LogP contribution < -0.4 is 10.9 Å². The second-order valence-electron chi connectivity index (χ2n) is 5.69. The van der Waals surface area contributed by atoms with Crippen LogP contribution in [0.4, 0.5) is 18.9 Å². The molecule has 4 nitrogen and oxygen atoms in total. The van der Waals surface area contributed by atoms with Gasteiger partial charge in [0.2, 0.25) is 0 Å². The summed E-state index contributed by atoms with van der Waals surface area (Å²) in [6.45, 7) is 0.167. The van der Waals surface area contributed by atoms with Gasteiger partial charge >= 0.3 is 0 Å². The van der Waals surface area contributed by atoms with Crippen molar-refractivity contribution in [1.82, 2.24) is 4.57 Å². The minimum atomic E-state index is -1.68. The molecule has 0 bridgehead atoms. The maximum absolute atomic E-state index is 13.7. The first-order chi connectivity index (χ1) is 12.8. The van der Waals surface area contributed by atoms with Crippen molar-refractivity contribution in [3.63, 3.8) is 0 Å². The molecule has 0 saturated carbocycles. The molecule has 138 valence electrons. The Hall–Kier alpha value is -3.06. The highest BCUT2D eigenvalue weighted by atomic mass is 35.5. The van der Waals surface area contributed by atoms with Crippen molar-refractivity contribution in [3.05, 3.63) is 98.7 Å². The van der Waals surface area contributed by atoms with Gasteiger partial charge in [-0.1, -0.05) is 23.7 Å². The molecular formula is C19H12ClF3N2O2. The van der Waals surface area contributed by atoms with Gasteiger partial charge in [-0.05, 0) is 35.9 Å². The number of benzene rings is 2. The van der Waals surface area contributed by atoms with Crippen molar-refractivity contribution in [2.24, 2.45) is 0 Å². The van der Waals surface area contributed by atoms with Gasteiger partial charge in [-0.15, -0.1) is 0 Å². The molecule has 8 heteroatoms. The molecule has 27 heavy (non-hydrogen) atoms. The zero-order chi connectivity index (χ0) is 19.6. The number of rotatable bonds is 4. The fourth-order valence-electron chi connectivity index (χ4n) is 2.44. The summed E-state index contributed by atoms with van der Waals surface area (Å²) >= 11 is 5.92. The average molecular weight is 393 g/mol. The van der Waals surface area contributed by atoms with E-state index in [0.29, 0.717) is 11.1 Å². The number of nitrogens with zero attached hydrogens (tertiary/aromatic N) is 1. The summed E-state index contributed by atoms with van der Waals surface area (Å²) in [5.74, 6) is -5.32. The molecule has 0 atom stereocenters. The Bertz CT molecular complexity index is 1080. The summed E-state index contributed by atoms with van der Waals surface area (Å²) in [5, 5.41) is 2.66. The Morgan fingerprint density at radius 3 is 2.56 bits per heavy atom. The molecule has 2 aromatic carbocycles. The topological polar surface area (TPSA) is 51.1 Å². The third-order valence-corrected chi connectivity index (χ3v) is 4.01. The molecule has 0 unspecified atom stereocenters. The van der Waals surface area contributed by atoms with Crippen molar-refractivity contribution >= 4 is 23.2 Å². The van der Waals surface area contributed by atoms with Crippen LogP contribution in [0.15, 0.2) is 59.5 Å². The van der Waals surface area contributed by atoms with Gasteiger partial charge in [0.15, 0.2) is 17.5 Å². The van der Waals surface area contributed by atoms with Crippen molar-refractivity contribution in [1.29, 1.82) is 0 Å². The van der Waals surface area contributed by atoms with Crippen LogP contribution in [0.3, 0.4) is 0 Å². The molecular weight excluding hydrogens is 381 g/mol. The molecule has 3 aromatic rings. The molecule has 0 aliphatic rings. The van der Waals surface area contributed by atoms with Crippen LogP contribution >= 0.6 is 11.6 Å². The SMILES string of the molecule is O=C(Nc1ccc(F)c(F)c1F)c1ccc(=O)n(Cc2cccc(Cl)c2)c1. The number of aromatic nitrogens is 1. The number of anilines is 1. The Kier molecular flexibility index (Phi) is 5.32. The molecule has 1 heterocycles. The average Bonchev–Trinajstić information content (AvgIpc) is 2.64. The maximum Gasteiger partial charge on any atom is 0.257 e. The molecule has 0 radical (unpaired) electrons. The number of halogens is 4. The van der Waals surface area contributed by atoms with Gasteiger partial charge in [0.05, 0.1) is 17.8 Å². The minimum absolute atomic E-state index is 0.0424. The standard InChI is InChI=1S/C19H12ClF3N2O2/c20-13-3-1-2-11(8-13)9-25-10-12(4-7-16(25)26)19(27)24-15-6-5-14(21)17(22)18(15)23/h1-8,10H,9H2,(H,24,27). The van der Waals surface area contributed by atoms with Crippen LogP contribution in [0.5, 0.6) is 0 Å². The van der Waals surface area contributed by atoms with Crippen LogP contribution in [0, 0.1) is 17.5 Å². The van der Waals surface area contributed by atoms with Gasteiger partial charge in [0, 0.05) is 17.3 Å². The molecule has 1 aromatic heterocycles. The second-order valence-corrected chi connectivity index (χ2v) is 6.13. The van der Waals surface area contributed by atoms with E-state index in [9.17, 15) is 22.8 Å². The Morgan fingerprint density at radius 1 is 1.04 bits per heavy atom. The normalized spacial score (nSPS) is 10.7. The summed E-state index contributed by atoms with van der Waals surface area (Å²) < 4.78 is 41.2. The smallest absolute Gasteiger partial charge is 0.257 e. The van der Waals surface area contributed by atoms with Gasteiger partial charge in [0.25, 0.3) is 11.5 Å². The summed E-state index contributed by atoms with van der Waals surface area (Å²) in [5.41, 5.74) is -0.0772. The molecule has 0 aliphatic carbocycles. The Balaban J connectivity index is 1.86. The maximum atomic E-state index is 13.7. The van der Waals surface area contributed by atoms with Gasteiger partial charge in [-0.2, -0.15) is 0 Å². The highest BCUT2D eigenvalue weighted by molar-refractivity contribution is 6.30. The first-order valence-corrected chi connectivity index (χ1v) is 8.13. The molecule has 0 spiro atoms. The highest BCUT2D eigenvalue weighted by Gasteiger charge is 2.16. The van der Waals surface area contributed by atoms with Crippen molar-refractivity contribution in [3.8, 4) is 0 Å². The van der Waals surface area contributed by atoms with Crippen LogP contribution in [0.2, 0.25) is 5.02 Å². The molecule has 3 rings (SSSR count). The van der Waals surface area contributed by atoms with E-state index in [1.54, 1.807) is 24.3 Å². The van der Waals surface area contributed by atoms with Gasteiger partial charge in [-0.25, -0.2) is 13.2 Å². The second kappa shape index (κ2) is 7.67. The van der Waals surface area contributed by atoms with E-state index in [2.05, 4.69) is 5.32 Å². The number of hydrogen-bond donors (Lipinski definition) is 1. The van der Waals surface area contributed by atoms with Gasteiger partial charge in [0.1, 0.15) is 0 Å². The number of amides is 1. The lowest BCUT2D eigenvalue weighted by molar-refractivity contribution is 0.102. The van der Waals surface area contributed by atoms with Gasteiger partial charge < -0.3 is 9.88 Å². The zero-order valence-corrected chi connectivity index (χ0v) is 14.4. The third-order valence-electron chi connectivity index (χ3n) is 3.77. The predicted octanol–water partition coefficient (Wildman–Crippen LogP) is 4.22. The lowest BCUT2D eigenvalue weighted by Gasteiger charge is -2.10. The number of nitrogens with one attached hydrogen (secondary N) is 1. The fraction of sp³-hybridized carbons (Fsp3) is 0.0526. The van der Waals surface area contributed by atoms with Crippen LogP contribution in [-0.2, 0) is 6.54 Å². The van der Waals surface area contributed by atoms with E-state index in [1.165, 1.54) is 22.9 Å². The summed E-state index contributed by atoms with van der Waals surface area (Å²) in [4.78, 5) is 24.3. The lowest BCUT2D eigenvalue weighted by Crippen LogP contribution is -2.23. The third kappa shape index (κ3) is 4.20. The van der Waals surface area contributed by atoms with Gasteiger partial charge in [-0.3, -0.25) is 9.59 Å². The number of carbonyl (C=O) groups excluding carboxylic acids is 1. The van der Waals surface area contributed by atoms with Crippen LogP contribution in [0.1, 0.15) is 15.9 Å². The van der Waals surface area contributed by atoms with Crippen LogP contribution in [-0.4, -0.2) is 10.5 Å². The van der Waals surface area contributed by atoms with E-state index in [-0.39, 0.29) is 17.7 Å². The summed E-state index contributed by atoms with van der Waals surface area (Å²) in [7, 11) is 0. The number of pyridine rings is 1. The lowest BCUT2D eigenvalue weighted by atomic mass is 10.2. The molecule has 1 amide bonds. The molecule has 0 aliphatic heterocycles. The highest BCUT2D eigenvalue weighted by Crippen LogP contribution is 2.20. The van der Waals surface area contributed by atoms with E-state index >= 15 is 0 Å². The quantitative estimate of drug-likeness (QED) is 0.676. The number of hydrogen-bond acceptors (Lipinski definition) is 2. The van der Waals surface area contributed by atoms with E-state index < -0.39 is 29.0 Å². The first kappa shape index (κ1) is 18.7. The zero-order valence-electron chi connectivity index (χ0n) is 13.7. The summed E-state index contributed by atoms with van der Waals surface area (Å²) in [6.07, 6.45) is 1.29. The van der Waals surface area contributed by atoms with E-state index in [1.807, 2.05) is 0 Å². The number of carbonyl (C=O) groups is 1. The predicted molar refractivity (Wildman–Crippen MR) is 95.5 cm³/mol. The largest absolute Gasteiger partial charge is 0.319 e.